The molecule has 1 aliphatic rings. The highest BCUT2D eigenvalue weighted by Gasteiger charge is 2.32. The van der Waals surface area contributed by atoms with Crippen LogP contribution in [0.4, 0.5) is 0 Å². The topological polar surface area (TPSA) is 44.5 Å². The van der Waals surface area contributed by atoms with E-state index in [-0.39, 0.29) is 5.54 Å². The van der Waals surface area contributed by atoms with Crippen LogP contribution in [0.3, 0.4) is 0 Å². The van der Waals surface area contributed by atoms with E-state index in [2.05, 4.69) is 6.07 Å². The number of nitrogens with two attached hydrogens (primary N) is 1. The Morgan fingerprint density at radius 2 is 1.61 bits per heavy atom. The van der Waals surface area contributed by atoms with Crippen molar-refractivity contribution in [2.24, 2.45) is 5.73 Å². The fraction of sp³-hybridized carbons (Fsp3) is 0.600. The molecule has 0 bridgehead atoms. The maximum absolute atomic E-state index is 6.60. The summed E-state index contributed by atoms with van der Waals surface area (Å²) in [5, 5.41) is 0. The smallest absolute Gasteiger partial charge is 0.127 e. The highest BCUT2D eigenvalue weighted by Crippen LogP contribution is 2.41. The Kier molecular flexibility index (Phi) is 3.81. The van der Waals surface area contributed by atoms with Crippen LogP contribution in [-0.2, 0) is 5.54 Å². The van der Waals surface area contributed by atoms with Gasteiger partial charge in [-0.15, -0.1) is 0 Å². The molecule has 0 aromatic heterocycles. The summed E-state index contributed by atoms with van der Waals surface area (Å²) in [6.07, 6.45) is 5.76. The maximum atomic E-state index is 6.60. The average Bonchev–Trinajstić information content (AvgIpc) is 2.39. The quantitative estimate of drug-likeness (QED) is 0.895. The summed E-state index contributed by atoms with van der Waals surface area (Å²) in [6.45, 7) is 2.05. The lowest BCUT2D eigenvalue weighted by molar-refractivity contribution is 0.287. The molecule has 0 spiro atoms. The lowest BCUT2D eigenvalue weighted by Gasteiger charge is -2.35. The Hall–Kier alpha value is -1.22. The van der Waals surface area contributed by atoms with E-state index in [1.54, 1.807) is 14.2 Å². The summed E-state index contributed by atoms with van der Waals surface area (Å²) in [5.74, 6) is 1.71. The molecule has 1 aliphatic carbocycles. The van der Waals surface area contributed by atoms with Crippen LogP contribution < -0.4 is 15.2 Å². The van der Waals surface area contributed by atoms with Crippen LogP contribution in [0.1, 0.15) is 43.2 Å². The summed E-state index contributed by atoms with van der Waals surface area (Å²) in [5.41, 5.74) is 8.60. The molecule has 0 amide bonds. The number of benzene rings is 1. The van der Waals surface area contributed by atoms with Crippen molar-refractivity contribution in [3.8, 4) is 11.5 Å². The van der Waals surface area contributed by atoms with Gasteiger partial charge in [-0.3, -0.25) is 0 Å². The van der Waals surface area contributed by atoms with Gasteiger partial charge in [0.05, 0.1) is 14.2 Å². The zero-order valence-corrected chi connectivity index (χ0v) is 11.6. The predicted octanol–water partition coefficient (Wildman–Crippen LogP) is 3.13. The SMILES string of the molecule is COc1cc(OC)c(C2(N)CCCCC2)cc1C. The molecule has 0 radical (unpaired) electrons. The second kappa shape index (κ2) is 5.19. The Bertz CT molecular complexity index is 423. The summed E-state index contributed by atoms with van der Waals surface area (Å²) in [6, 6.07) is 4.08. The fourth-order valence-corrected chi connectivity index (χ4v) is 2.90. The van der Waals surface area contributed by atoms with Gasteiger partial charge in [-0.05, 0) is 31.4 Å². The first-order valence-electron chi connectivity index (χ1n) is 6.63. The van der Waals surface area contributed by atoms with Crippen molar-refractivity contribution in [3.05, 3.63) is 23.3 Å². The molecule has 1 fully saturated rings. The minimum atomic E-state index is -0.235. The highest BCUT2D eigenvalue weighted by atomic mass is 16.5. The zero-order chi connectivity index (χ0) is 13.2. The van der Waals surface area contributed by atoms with E-state index >= 15 is 0 Å². The first kappa shape index (κ1) is 13.2. The van der Waals surface area contributed by atoms with Gasteiger partial charge < -0.3 is 15.2 Å². The van der Waals surface area contributed by atoms with Crippen LogP contribution >= 0.6 is 0 Å². The van der Waals surface area contributed by atoms with Gasteiger partial charge in [0.2, 0.25) is 0 Å². The molecule has 18 heavy (non-hydrogen) atoms. The minimum absolute atomic E-state index is 0.235. The second-order valence-electron chi connectivity index (χ2n) is 5.24. The van der Waals surface area contributed by atoms with Gasteiger partial charge in [-0.1, -0.05) is 19.3 Å². The number of rotatable bonds is 3. The number of hydrogen-bond donors (Lipinski definition) is 1. The summed E-state index contributed by atoms with van der Waals surface area (Å²) < 4.78 is 10.8. The maximum Gasteiger partial charge on any atom is 0.127 e. The Labute approximate surface area is 109 Å². The van der Waals surface area contributed by atoms with Crippen LogP contribution in [0.2, 0.25) is 0 Å². The van der Waals surface area contributed by atoms with Crippen molar-refractivity contribution in [1.82, 2.24) is 0 Å². The molecule has 100 valence electrons. The standard InChI is InChI=1S/C15H23NO2/c1-11-9-12(14(18-3)10-13(11)17-2)15(16)7-5-4-6-8-15/h9-10H,4-8,16H2,1-3H3. The molecule has 2 rings (SSSR count). The Balaban J connectivity index is 2.45. The molecular formula is C15H23NO2. The van der Waals surface area contributed by atoms with E-state index in [0.717, 1.165) is 35.5 Å². The summed E-state index contributed by atoms with van der Waals surface area (Å²) in [7, 11) is 3.38. The lowest BCUT2D eigenvalue weighted by Crippen LogP contribution is -2.39. The molecule has 3 nitrogen and oxygen atoms in total. The zero-order valence-electron chi connectivity index (χ0n) is 11.6. The van der Waals surface area contributed by atoms with E-state index in [1.807, 2.05) is 13.0 Å². The first-order valence-corrected chi connectivity index (χ1v) is 6.63. The summed E-state index contributed by atoms with van der Waals surface area (Å²) >= 11 is 0. The molecule has 2 N–H and O–H groups in total. The molecular weight excluding hydrogens is 226 g/mol. The van der Waals surface area contributed by atoms with Crippen molar-refractivity contribution in [1.29, 1.82) is 0 Å². The van der Waals surface area contributed by atoms with E-state index in [9.17, 15) is 0 Å². The van der Waals surface area contributed by atoms with Gasteiger partial charge in [0, 0.05) is 17.2 Å². The second-order valence-corrected chi connectivity index (χ2v) is 5.24. The average molecular weight is 249 g/mol. The molecule has 0 heterocycles. The molecule has 0 saturated heterocycles. The first-order chi connectivity index (χ1) is 8.60. The minimum Gasteiger partial charge on any atom is -0.496 e. The van der Waals surface area contributed by atoms with Gasteiger partial charge in [0.1, 0.15) is 11.5 Å². The van der Waals surface area contributed by atoms with Gasteiger partial charge in [-0.2, -0.15) is 0 Å². The normalized spacial score (nSPS) is 18.4. The highest BCUT2D eigenvalue weighted by molar-refractivity contribution is 5.49. The van der Waals surface area contributed by atoms with Crippen molar-refractivity contribution in [2.75, 3.05) is 14.2 Å². The molecule has 1 aromatic rings. The predicted molar refractivity (Wildman–Crippen MR) is 73.2 cm³/mol. The van der Waals surface area contributed by atoms with E-state index < -0.39 is 0 Å². The van der Waals surface area contributed by atoms with Crippen molar-refractivity contribution >= 4 is 0 Å². The van der Waals surface area contributed by atoms with Gasteiger partial charge in [0.15, 0.2) is 0 Å². The van der Waals surface area contributed by atoms with Crippen LogP contribution in [0.5, 0.6) is 11.5 Å². The third-order valence-corrected chi connectivity index (χ3v) is 4.00. The molecule has 1 aromatic carbocycles. The number of ether oxygens (including phenoxy) is 2. The van der Waals surface area contributed by atoms with Crippen molar-refractivity contribution in [3.63, 3.8) is 0 Å². The van der Waals surface area contributed by atoms with Crippen LogP contribution in [-0.4, -0.2) is 14.2 Å². The third-order valence-electron chi connectivity index (χ3n) is 4.00. The van der Waals surface area contributed by atoms with Crippen LogP contribution in [0.15, 0.2) is 12.1 Å². The van der Waals surface area contributed by atoms with Gasteiger partial charge in [0.25, 0.3) is 0 Å². The largest absolute Gasteiger partial charge is 0.496 e. The Morgan fingerprint density at radius 1 is 1.00 bits per heavy atom. The van der Waals surface area contributed by atoms with E-state index in [1.165, 1.54) is 19.3 Å². The monoisotopic (exact) mass is 249 g/mol. The number of hydrogen-bond acceptors (Lipinski definition) is 3. The van der Waals surface area contributed by atoms with Crippen LogP contribution in [0, 0.1) is 6.92 Å². The molecule has 0 atom stereocenters. The van der Waals surface area contributed by atoms with E-state index in [0.29, 0.717) is 0 Å². The molecule has 0 aliphatic heterocycles. The number of methoxy groups -OCH3 is 2. The Morgan fingerprint density at radius 3 is 2.17 bits per heavy atom. The van der Waals surface area contributed by atoms with Gasteiger partial charge >= 0.3 is 0 Å². The van der Waals surface area contributed by atoms with E-state index in [4.69, 9.17) is 15.2 Å². The molecule has 1 saturated carbocycles. The molecule has 3 heteroatoms. The lowest BCUT2D eigenvalue weighted by atomic mass is 9.76. The summed E-state index contributed by atoms with van der Waals surface area (Å²) in [4.78, 5) is 0. The van der Waals surface area contributed by atoms with Crippen molar-refractivity contribution in [2.45, 2.75) is 44.6 Å². The third kappa shape index (κ3) is 2.32. The molecule has 0 unspecified atom stereocenters. The van der Waals surface area contributed by atoms with Crippen LogP contribution in [0.25, 0.3) is 0 Å². The van der Waals surface area contributed by atoms with Gasteiger partial charge in [-0.25, -0.2) is 0 Å². The number of aryl methyl sites for hydroxylation is 1. The van der Waals surface area contributed by atoms with Crippen molar-refractivity contribution < 1.29 is 9.47 Å². The fourth-order valence-electron chi connectivity index (χ4n) is 2.90.